The third-order valence-corrected chi connectivity index (χ3v) is 9.98. The molecule has 12 nitrogen and oxygen atoms in total. The zero-order chi connectivity index (χ0) is 43.2. The lowest BCUT2D eigenvalue weighted by Gasteiger charge is -2.20. The van der Waals surface area contributed by atoms with Gasteiger partial charge in [0.15, 0.2) is 6.10 Å². The number of carboxylic acids is 1. The number of unbranched alkanes of at least 4 members (excludes halogenated alkanes) is 8. The van der Waals surface area contributed by atoms with Crippen LogP contribution in [0.3, 0.4) is 0 Å². The highest BCUT2D eigenvalue weighted by atomic mass is 31.2. The maximum Gasteiger partial charge on any atom is 0.472 e. The standard InChI is InChI=1S/C46H74NO11P/c1-3-5-7-9-11-12-13-14-15-16-17-18-19-20-23-28-32-36-45(49)57-40(38-55-59(52,53)56-39-41(47)46(50)51)37-54-44(48)35-31-27-24-21-22-26-30-34-43-42(58-43)33-29-25-10-8-6-4-2/h5,7,11-12,14-15,17-18,21,24-26,29-30,40-43H,3-4,6,8-10,13,16,19-20,22-23,27-28,31-39,47H2,1-2H3,(H,50,51)(H,52,53)/b7-5-,12-11-,15-14-,18-17-,24-21-,29-25-,30-26-/t40-,41+,42?,43?/m1/s1. The molecule has 59 heavy (non-hydrogen) atoms. The molecule has 1 rings (SSSR count). The number of phosphoric acid groups is 1. The van der Waals surface area contributed by atoms with Crippen molar-refractivity contribution in [3.63, 3.8) is 0 Å². The molecule has 0 aromatic rings. The lowest BCUT2D eigenvalue weighted by Crippen LogP contribution is -2.34. The minimum absolute atomic E-state index is 0.114. The first-order valence-corrected chi connectivity index (χ1v) is 23.2. The zero-order valence-corrected chi connectivity index (χ0v) is 36.6. The predicted octanol–water partition coefficient (Wildman–Crippen LogP) is 10.5. The Bertz CT molecular complexity index is 1390. The van der Waals surface area contributed by atoms with E-state index in [1.54, 1.807) is 0 Å². The second kappa shape index (κ2) is 36.5. The maximum atomic E-state index is 12.6. The summed E-state index contributed by atoms with van der Waals surface area (Å²) in [6.07, 6.45) is 46.8. The third-order valence-electron chi connectivity index (χ3n) is 9.03. The van der Waals surface area contributed by atoms with Crippen molar-refractivity contribution in [2.24, 2.45) is 5.73 Å². The second-order valence-electron chi connectivity index (χ2n) is 14.5. The molecule has 0 amide bonds. The van der Waals surface area contributed by atoms with Gasteiger partial charge in [0, 0.05) is 12.8 Å². The normalized spacial score (nSPS) is 18.0. The summed E-state index contributed by atoms with van der Waals surface area (Å²) in [5.41, 5.74) is 5.33. The third kappa shape index (κ3) is 34.1. The van der Waals surface area contributed by atoms with Gasteiger partial charge in [-0.1, -0.05) is 125 Å². The molecule has 0 bridgehead atoms. The Kier molecular flexibility index (Phi) is 33.2. The lowest BCUT2D eigenvalue weighted by atomic mass is 10.1. The molecule has 1 saturated heterocycles. The van der Waals surface area contributed by atoms with Crippen LogP contribution < -0.4 is 5.73 Å². The minimum Gasteiger partial charge on any atom is -0.480 e. The summed E-state index contributed by atoms with van der Waals surface area (Å²) in [7, 11) is -4.75. The summed E-state index contributed by atoms with van der Waals surface area (Å²) < 4.78 is 38.4. The number of esters is 2. The molecule has 0 aliphatic carbocycles. The molecule has 0 saturated carbocycles. The van der Waals surface area contributed by atoms with Gasteiger partial charge in [-0.15, -0.1) is 0 Å². The number of epoxide rings is 1. The number of carbonyl (C=O) groups excluding carboxylic acids is 2. The fourth-order valence-corrected chi connectivity index (χ4v) is 6.28. The van der Waals surface area contributed by atoms with E-state index in [0.29, 0.717) is 31.5 Å². The Balaban J connectivity index is 2.35. The van der Waals surface area contributed by atoms with Crippen molar-refractivity contribution in [3.8, 4) is 0 Å². The van der Waals surface area contributed by atoms with Crippen LogP contribution in [0, 0.1) is 0 Å². The molecule has 5 atom stereocenters. The summed E-state index contributed by atoms with van der Waals surface area (Å²) in [4.78, 5) is 46.0. The quantitative estimate of drug-likeness (QED) is 0.0176. The molecule has 0 aromatic carbocycles. The molecule has 1 aliphatic heterocycles. The number of allylic oxidation sites excluding steroid dienone is 12. The number of carbonyl (C=O) groups is 3. The molecule has 334 valence electrons. The number of hydrogen-bond acceptors (Lipinski definition) is 10. The molecular formula is C46H74NO11P. The first-order chi connectivity index (χ1) is 28.6. The first kappa shape index (κ1) is 53.6. The van der Waals surface area contributed by atoms with Crippen molar-refractivity contribution < 1.29 is 52.2 Å². The fourth-order valence-electron chi connectivity index (χ4n) is 5.50. The van der Waals surface area contributed by atoms with Crippen LogP contribution in [0.2, 0.25) is 0 Å². The molecule has 1 heterocycles. The van der Waals surface area contributed by atoms with Gasteiger partial charge >= 0.3 is 25.7 Å². The van der Waals surface area contributed by atoms with Gasteiger partial charge in [-0.2, -0.15) is 0 Å². The van der Waals surface area contributed by atoms with Gasteiger partial charge in [-0.05, 0) is 89.9 Å². The topological polar surface area (TPSA) is 184 Å². The maximum absolute atomic E-state index is 12.6. The Morgan fingerprint density at radius 1 is 0.627 bits per heavy atom. The van der Waals surface area contributed by atoms with Crippen LogP contribution in [0.25, 0.3) is 0 Å². The summed E-state index contributed by atoms with van der Waals surface area (Å²) >= 11 is 0. The van der Waals surface area contributed by atoms with Crippen molar-refractivity contribution in [1.29, 1.82) is 0 Å². The highest BCUT2D eigenvalue weighted by Crippen LogP contribution is 2.43. The fraction of sp³-hybridized carbons (Fsp3) is 0.630. The summed E-state index contributed by atoms with van der Waals surface area (Å²) in [5, 5.41) is 8.89. The molecule has 3 unspecified atom stereocenters. The Labute approximate surface area is 354 Å². The number of nitrogens with two attached hydrogens (primary N) is 1. The van der Waals surface area contributed by atoms with Crippen molar-refractivity contribution in [3.05, 3.63) is 85.1 Å². The molecule has 1 aliphatic rings. The van der Waals surface area contributed by atoms with Crippen LogP contribution in [-0.2, 0) is 42.2 Å². The number of rotatable bonds is 38. The van der Waals surface area contributed by atoms with Gasteiger partial charge in [0.25, 0.3) is 0 Å². The van der Waals surface area contributed by atoms with Crippen molar-refractivity contribution in [1.82, 2.24) is 0 Å². The first-order valence-electron chi connectivity index (χ1n) is 21.7. The monoisotopic (exact) mass is 847 g/mol. The van der Waals surface area contributed by atoms with Gasteiger partial charge in [0.1, 0.15) is 12.6 Å². The largest absolute Gasteiger partial charge is 0.480 e. The molecule has 1 fully saturated rings. The average molecular weight is 848 g/mol. The summed E-state index contributed by atoms with van der Waals surface area (Å²) in [6, 6.07) is -1.54. The van der Waals surface area contributed by atoms with Gasteiger partial charge in [-0.3, -0.25) is 23.4 Å². The number of carboxylic acid groups (broad SMARTS) is 1. The number of phosphoric ester groups is 1. The van der Waals surface area contributed by atoms with E-state index in [1.807, 2.05) is 12.2 Å². The van der Waals surface area contributed by atoms with Crippen LogP contribution in [0.4, 0.5) is 0 Å². The molecule has 0 aromatic heterocycles. The molecular weight excluding hydrogens is 773 g/mol. The average Bonchev–Trinajstić information content (AvgIpc) is 3.97. The van der Waals surface area contributed by atoms with Crippen LogP contribution in [-0.4, -0.2) is 72.1 Å². The molecule has 0 spiro atoms. The second-order valence-corrected chi connectivity index (χ2v) is 15.9. The van der Waals surface area contributed by atoms with E-state index in [2.05, 4.69) is 91.3 Å². The van der Waals surface area contributed by atoms with Crippen LogP contribution in [0.5, 0.6) is 0 Å². The highest BCUT2D eigenvalue weighted by Gasteiger charge is 2.36. The lowest BCUT2D eigenvalue weighted by molar-refractivity contribution is -0.161. The number of ether oxygens (including phenoxy) is 3. The van der Waals surface area contributed by atoms with Crippen LogP contribution in [0.15, 0.2) is 85.1 Å². The number of hydrogen-bond donors (Lipinski definition) is 3. The zero-order valence-electron chi connectivity index (χ0n) is 35.7. The van der Waals surface area contributed by atoms with Crippen molar-refractivity contribution in [2.75, 3.05) is 19.8 Å². The SMILES string of the molecule is CC/C=C\C/C=C\C/C=C\C/C=C\CCCCCCC(=O)O[C@H](COC(=O)CCC/C=C\C/C=C\CC1OC1C/C=C\CCCCC)COP(=O)(O)OC[C@H](N)C(=O)O. The molecule has 0 radical (unpaired) electrons. The highest BCUT2D eigenvalue weighted by molar-refractivity contribution is 7.47. The summed E-state index contributed by atoms with van der Waals surface area (Å²) in [6.45, 7) is 2.55. The molecule has 13 heteroatoms. The Morgan fingerprint density at radius 2 is 1.12 bits per heavy atom. The smallest absolute Gasteiger partial charge is 0.472 e. The van der Waals surface area contributed by atoms with Gasteiger partial charge in [-0.25, -0.2) is 4.57 Å². The van der Waals surface area contributed by atoms with Crippen LogP contribution >= 0.6 is 7.82 Å². The Morgan fingerprint density at radius 3 is 1.73 bits per heavy atom. The predicted molar refractivity (Wildman–Crippen MR) is 235 cm³/mol. The van der Waals surface area contributed by atoms with Gasteiger partial charge < -0.3 is 29.9 Å². The Hall–Kier alpha value is -3.38. The van der Waals surface area contributed by atoms with E-state index in [9.17, 15) is 23.8 Å². The van der Waals surface area contributed by atoms with E-state index in [4.69, 9.17) is 29.6 Å². The van der Waals surface area contributed by atoms with E-state index >= 15 is 0 Å². The van der Waals surface area contributed by atoms with Gasteiger partial charge in [0.05, 0.1) is 25.4 Å². The van der Waals surface area contributed by atoms with E-state index in [1.165, 1.54) is 19.3 Å². The molecule has 4 N–H and O–H groups in total. The van der Waals surface area contributed by atoms with Crippen LogP contribution in [0.1, 0.15) is 142 Å². The van der Waals surface area contributed by atoms with Crippen molar-refractivity contribution >= 4 is 25.7 Å². The van der Waals surface area contributed by atoms with Gasteiger partial charge in [0.2, 0.25) is 0 Å². The van der Waals surface area contributed by atoms with E-state index < -0.39 is 57.7 Å². The minimum atomic E-state index is -4.75. The van der Waals surface area contributed by atoms with E-state index in [-0.39, 0.29) is 12.8 Å². The van der Waals surface area contributed by atoms with Crippen molar-refractivity contribution in [2.45, 2.75) is 167 Å². The number of aliphatic carboxylic acids is 1. The van der Waals surface area contributed by atoms with E-state index in [0.717, 1.165) is 77.0 Å². The summed E-state index contributed by atoms with van der Waals surface area (Å²) in [5.74, 6) is -2.50.